The van der Waals surface area contributed by atoms with Crippen LogP contribution in [0.5, 0.6) is 11.6 Å². The van der Waals surface area contributed by atoms with Crippen LogP contribution in [0.1, 0.15) is 31.4 Å². The van der Waals surface area contributed by atoms with Crippen molar-refractivity contribution in [1.29, 1.82) is 5.26 Å². The first kappa shape index (κ1) is 21.8. The Labute approximate surface area is 170 Å². The number of alkyl halides is 3. The molecule has 0 saturated heterocycles. The fourth-order valence-corrected chi connectivity index (χ4v) is 4.54. The van der Waals surface area contributed by atoms with E-state index < -0.39 is 33.1 Å². The van der Waals surface area contributed by atoms with Crippen molar-refractivity contribution in [2.24, 2.45) is 0 Å². The summed E-state index contributed by atoms with van der Waals surface area (Å²) in [6, 6.07) is 5.97. The zero-order valence-corrected chi connectivity index (χ0v) is 16.3. The molecule has 0 unspecified atom stereocenters. The molecule has 0 spiro atoms. The number of benzene rings is 1. The van der Waals surface area contributed by atoms with Crippen LogP contribution >= 0.6 is 0 Å². The standard InChI is InChI=1S/C18H17F3N4O4S/c19-18(20,21)29-15-3-1-2-4-16(15)30(26,27)25-12-5-7-13(8-6-12)28-17-14(11-22)23-9-10-24-17/h1-4,9-10,12-13,25H,5-8H2. The molecule has 12 heteroatoms. The Morgan fingerprint density at radius 3 is 2.43 bits per heavy atom. The minimum Gasteiger partial charge on any atom is -0.472 e. The number of nitrogens with one attached hydrogen (secondary N) is 1. The summed E-state index contributed by atoms with van der Waals surface area (Å²) in [6.45, 7) is 0. The third kappa shape index (κ3) is 5.58. The van der Waals surface area contributed by atoms with Crippen molar-refractivity contribution in [3.63, 3.8) is 0 Å². The molecule has 8 nitrogen and oxygen atoms in total. The lowest BCUT2D eigenvalue weighted by Gasteiger charge is -2.29. The topological polar surface area (TPSA) is 114 Å². The van der Waals surface area contributed by atoms with Crippen molar-refractivity contribution in [1.82, 2.24) is 14.7 Å². The van der Waals surface area contributed by atoms with Gasteiger partial charge in [-0.1, -0.05) is 12.1 Å². The third-order valence-corrected chi connectivity index (χ3v) is 5.97. The van der Waals surface area contributed by atoms with Gasteiger partial charge in [-0.3, -0.25) is 0 Å². The maximum Gasteiger partial charge on any atom is 0.573 e. The van der Waals surface area contributed by atoms with E-state index in [9.17, 15) is 21.6 Å². The molecule has 0 amide bonds. The van der Waals surface area contributed by atoms with E-state index in [2.05, 4.69) is 19.4 Å². The molecular formula is C18H17F3N4O4S. The highest BCUT2D eigenvalue weighted by molar-refractivity contribution is 7.89. The molecule has 3 rings (SSSR count). The maximum absolute atomic E-state index is 12.6. The maximum atomic E-state index is 12.6. The molecule has 0 radical (unpaired) electrons. The van der Waals surface area contributed by atoms with Gasteiger partial charge < -0.3 is 9.47 Å². The first-order chi connectivity index (χ1) is 14.2. The van der Waals surface area contributed by atoms with Crippen molar-refractivity contribution < 1.29 is 31.1 Å². The number of hydrogen-bond acceptors (Lipinski definition) is 7. The van der Waals surface area contributed by atoms with Crippen LogP contribution in [0.4, 0.5) is 13.2 Å². The fourth-order valence-electron chi connectivity index (χ4n) is 3.11. The first-order valence-electron chi connectivity index (χ1n) is 8.93. The summed E-state index contributed by atoms with van der Waals surface area (Å²) in [4.78, 5) is 7.25. The van der Waals surface area contributed by atoms with E-state index in [-0.39, 0.29) is 17.7 Å². The second kappa shape index (κ2) is 8.85. The summed E-state index contributed by atoms with van der Waals surface area (Å²) >= 11 is 0. The Morgan fingerprint density at radius 2 is 1.77 bits per heavy atom. The van der Waals surface area contributed by atoms with Gasteiger partial charge >= 0.3 is 6.36 Å². The van der Waals surface area contributed by atoms with E-state index in [0.717, 1.165) is 12.1 Å². The Balaban J connectivity index is 1.63. The lowest BCUT2D eigenvalue weighted by Crippen LogP contribution is -2.40. The number of rotatable bonds is 6. The molecule has 1 fully saturated rings. The van der Waals surface area contributed by atoms with E-state index >= 15 is 0 Å². The van der Waals surface area contributed by atoms with E-state index in [1.807, 2.05) is 6.07 Å². The van der Waals surface area contributed by atoms with Crippen LogP contribution in [0.3, 0.4) is 0 Å². The highest BCUT2D eigenvalue weighted by Gasteiger charge is 2.35. The third-order valence-electron chi connectivity index (χ3n) is 4.41. The minimum atomic E-state index is -5.01. The molecule has 0 bridgehead atoms. The SMILES string of the molecule is N#Cc1nccnc1OC1CCC(NS(=O)(=O)c2ccccc2OC(F)(F)F)CC1. The average molecular weight is 442 g/mol. The van der Waals surface area contributed by atoms with E-state index in [1.54, 1.807) is 0 Å². The lowest BCUT2D eigenvalue weighted by molar-refractivity contribution is -0.275. The molecule has 1 heterocycles. The van der Waals surface area contributed by atoms with Crippen LogP contribution in [-0.2, 0) is 10.0 Å². The molecule has 1 aromatic heterocycles. The summed E-state index contributed by atoms with van der Waals surface area (Å²) < 4.78 is 74.9. The lowest BCUT2D eigenvalue weighted by atomic mass is 9.94. The molecule has 1 saturated carbocycles. The van der Waals surface area contributed by atoms with E-state index in [0.29, 0.717) is 25.7 Å². The second-order valence-corrected chi connectivity index (χ2v) is 8.21. The summed E-state index contributed by atoms with van der Waals surface area (Å²) in [6.07, 6.45) is -0.791. The van der Waals surface area contributed by atoms with Gasteiger partial charge in [0.15, 0.2) is 0 Å². The molecule has 0 aliphatic heterocycles. The normalized spacial score (nSPS) is 19.7. The van der Waals surface area contributed by atoms with Gasteiger partial charge in [0.25, 0.3) is 5.88 Å². The monoisotopic (exact) mass is 442 g/mol. The van der Waals surface area contributed by atoms with Gasteiger partial charge in [0.2, 0.25) is 15.7 Å². The van der Waals surface area contributed by atoms with Crippen molar-refractivity contribution in [3.8, 4) is 17.7 Å². The summed E-state index contributed by atoms with van der Waals surface area (Å²) in [7, 11) is -4.23. The molecule has 2 aromatic rings. The predicted molar refractivity (Wildman–Crippen MR) is 96.9 cm³/mol. The highest BCUT2D eigenvalue weighted by atomic mass is 32.2. The Bertz CT molecular complexity index is 1030. The molecule has 1 aromatic carbocycles. The molecule has 1 N–H and O–H groups in total. The van der Waals surface area contributed by atoms with Crippen LogP contribution in [0, 0.1) is 11.3 Å². The number of nitriles is 1. The van der Waals surface area contributed by atoms with Gasteiger partial charge in [-0.15, -0.1) is 13.2 Å². The summed E-state index contributed by atoms with van der Waals surface area (Å²) in [5.74, 6) is -0.677. The Hall–Kier alpha value is -2.91. The summed E-state index contributed by atoms with van der Waals surface area (Å²) in [5, 5.41) is 9.03. The number of ether oxygens (including phenoxy) is 2. The van der Waals surface area contributed by atoms with Crippen LogP contribution in [0.2, 0.25) is 0 Å². The number of para-hydroxylation sites is 1. The van der Waals surface area contributed by atoms with Gasteiger partial charge in [0.05, 0.1) is 0 Å². The first-order valence-corrected chi connectivity index (χ1v) is 10.4. The zero-order valence-electron chi connectivity index (χ0n) is 15.5. The minimum absolute atomic E-state index is 0.0570. The van der Waals surface area contributed by atoms with Crippen molar-refractivity contribution >= 4 is 10.0 Å². The van der Waals surface area contributed by atoms with Gasteiger partial charge in [-0.2, -0.15) is 5.26 Å². The molecule has 0 atom stereocenters. The number of aromatic nitrogens is 2. The van der Waals surface area contributed by atoms with Crippen LogP contribution in [0.25, 0.3) is 0 Å². The molecule has 30 heavy (non-hydrogen) atoms. The van der Waals surface area contributed by atoms with Crippen molar-refractivity contribution in [2.45, 2.75) is 49.1 Å². The van der Waals surface area contributed by atoms with Crippen LogP contribution in [-0.4, -0.2) is 36.9 Å². The largest absolute Gasteiger partial charge is 0.573 e. The van der Waals surface area contributed by atoms with Gasteiger partial charge in [-0.05, 0) is 37.8 Å². The molecule has 1 aliphatic rings. The second-order valence-electron chi connectivity index (χ2n) is 6.53. The van der Waals surface area contributed by atoms with Crippen LogP contribution < -0.4 is 14.2 Å². The van der Waals surface area contributed by atoms with Gasteiger partial charge in [-0.25, -0.2) is 23.1 Å². The predicted octanol–water partition coefficient (Wildman–Crippen LogP) is 2.92. The number of hydrogen-bond donors (Lipinski definition) is 1. The van der Waals surface area contributed by atoms with E-state index in [4.69, 9.17) is 10.00 Å². The molecule has 1 aliphatic carbocycles. The quantitative estimate of drug-likeness (QED) is 0.732. The van der Waals surface area contributed by atoms with Gasteiger partial charge in [0, 0.05) is 18.4 Å². The average Bonchev–Trinajstić information content (AvgIpc) is 2.69. The number of nitrogens with zero attached hydrogens (tertiary/aromatic N) is 3. The van der Waals surface area contributed by atoms with Crippen molar-refractivity contribution in [3.05, 3.63) is 42.4 Å². The highest BCUT2D eigenvalue weighted by Crippen LogP contribution is 2.31. The molecule has 160 valence electrons. The summed E-state index contributed by atoms with van der Waals surface area (Å²) in [5.41, 5.74) is 0.0570. The zero-order chi connectivity index (χ0) is 21.8. The number of halogens is 3. The van der Waals surface area contributed by atoms with Crippen molar-refractivity contribution in [2.75, 3.05) is 0 Å². The van der Waals surface area contributed by atoms with Crippen LogP contribution in [0.15, 0.2) is 41.6 Å². The fraction of sp³-hybridized carbons (Fsp3) is 0.389. The van der Waals surface area contributed by atoms with E-state index in [1.165, 1.54) is 24.5 Å². The Kier molecular flexibility index (Phi) is 6.42. The number of sulfonamides is 1. The van der Waals surface area contributed by atoms with Gasteiger partial charge in [0.1, 0.15) is 22.8 Å². The smallest absolute Gasteiger partial charge is 0.472 e. The molecular weight excluding hydrogens is 425 g/mol. The Morgan fingerprint density at radius 1 is 1.10 bits per heavy atom.